The van der Waals surface area contributed by atoms with Gasteiger partial charge in [-0.15, -0.1) is 0 Å². The van der Waals surface area contributed by atoms with Gasteiger partial charge >= 0.3 is 0 Å². The van der Waals surface area contributed by atoms with Crippen LogP contribution in [-0.2, 0) is 0 Å². The Morgan fingerprint density at radius 3 is 2.62 bits per heavy atom. The molecule has 0 bridgehead atoms. The second kappa shape index (κ2) is 7.16. The van der Waals surface area contributed by atoms with Crippen LogP contribution in [0.5, 0.6) is 0 Å². The number of amidine groups is 1. The Hall–Kier alpha value is -1.23. The van der Waals surface area contributed by atoms with Crippen LogP contribution in [0.1, 0.15) is 44.6 Å². The van der Waals surface area contributed by atoms with Crippen LogP contribution in [0.15, 0.2) is 27.8 Å². The van der Waals surface area contributed by atoms with Crippen LogP contribution in [0.4, 0.5) is 5.69 Å². The van der Waals surface area contributed by atoms with Crippen molar-refractivity contribution in [1.29, 1.82) is 0 Å². The lowest BCUT2D eigenvalue weighted by atomic mass is 9.84. The number of hydrogen-bond acceptors (Lipinski definition) is 3. The molecule has 116 valence electrons. The van der Waals surface area contributed by atoms with Gasteiger partial charge in [-0.05, 0) is 49.8 Å². The van der Waals surface area contributed by atoms with Gasteiger partial charge < -0.3 is 15.8 Å². The lowest BCUT2D eigenvalue weighted by Gasteiger charge is -2.36. The van der Waals surface area contributed by atoms with E-state index >= 15 is 0 Å². The Morgan fingerprint density at radius 1 is 1.38 bits per heavy atom. The van der Waals surface area contributed by atoms with Crippen molar-refractivity contribution < 1.29 is 5.21 Å². The molecule has 2 rings (SSSR count). The van der Waals surface area contributed by atoms with E-state index in [-0.39, 0.29) is 5.84 Å². The maximum atomic E-state index is 8.97. The summed E-state index contributed by atoms with van der Waals surface area (Å²) in [5, 5.41) is 12.1. The van der Waals surface area contributed by atoms with E-state index in [1.54, 1.807) is 0 Å². The van der Waals surface area contributed by atoms with Crippen molar-refractivity contribution in [2.24, 2.45) is 16.8 Å². The van der Waals surface area contributed by atoms with Crippen molar-refractivity contribution in [2.45, 2.75) is 45.1 Å². The molecule has 3 N–H and O–H groups in total. The third kappa shape index (κ3) is 3.70. The van der Waals surface area contributed by atoms with Crippen LogP contribution in [0.25, 0.3) is 0 Å². The van der Waals surface area contributed by atoms with Crippen molar-refractivity contribution in [3.63, 3.8) is 0 Å². The molecule has 21 heavy (non-hydrogen) atoms. The van der Waals surface area contributed by atoms with Crippen molar-refractivity contribution in [3.8, 4) is 0 Å². The van der Waals surface area contributed by atoms with E-state index in [4.69, 9.17) is 10.9 Å². The van der Waals surface area contributed by atoms with Gasteiger partial charge in [-0.3, -0.25) is 0 Å². The number of hydrogen-bond donors (Lipinski definition) is 2. The van der Waals surface area contributed by atoms with Crippen molar-refractivity contribution >= 4 is 27.5 Å². The zero-order valence-corrected chi connectivity index (χ0v) is 14.3. The standard InChI is InChI=1S/C16H24BrN3O/c1-3-11-4-7-13(8-5-11)20(2)15-10-12(17)6-9-14(15)16(18)19-21/h6,9-11,13,21H,3-5,7-8H2,1-2H3,(H2,18,19). The monoisotopic (exact) mass is 353 g/mol. The first-order chi connectivity index (χ1) is 10.1. The fraction of sp³-hybridized carbons (Fsp3) is 0.562. The third-order valence-corrected chi connectivity index (χ3v) is 5.16. The van der Waals surface area contributed by atoms with Gasteiger partial charge in [-0.1, -0.05) is 34.4 Å². The van der Waals surface area contributed by atoms with Gasteiger partial charge in [-0.25, -0.2) is 0 Å². The van der Waals surface area contributed by atoms with Gasteiger partial charge in [0.1, 0.15) is 0 Å². The van der Waals surface area contributed by atoms with Crippen molar-refractivity contribution in [3.05, 3.63) is 28.2 Å². The van der Waals surface area contributed by atoms with Gasteiger partial charge in [0.05, 0.1) is 0 Å². The number of nitrogens with two attached hydrogens (primary N) is 1. The summed E-state index contributed by atoms with van der Waals surface area (Å²) in [4.78, 5) is 2.28. The van der Waals surface area contributed by atoms with Crippen LogP contribution in [-0.4, -0.2) is 24.1 Å². The highest BCUT2D eigenvalue weighted by atomic mass is 79.9. The minimum Gasteiger partial charge on any atom is -0.409 e. The molecule has 0 saturated heterocycles. The van der Waals surface area contributed by atoms with E-state index < -0.39 is 0 Å². The lowest BCUT2D eigenvalue weighted by molar-refractivity contribution is 0.313. The number of nitrogens with zero attached hydrogens (tertiary/aromatic N) is 2. The molecule has 0 aliphatic heterocycles. The zero-order chi connectivity index (χ0) is 15.4. The Morgan fingerprint density at radius 2 is 2.05 bits per heavy atom. The largest absolute Gasteiger partial charge is 0.409 e. The molecule has 1 aromatic rings. The molecule has 1 saturated carbocycles. The zero-order valence-electron chi connectivity index (χ0n) is 12.7. The van der Waals surface area contributed by atoms with Crippen LogP contribution >= 0.6 is 15.9 Å². The lowest BCUT2D eigenvalue weighted by Crippen LogP contribution is -2.36. The van der Waals surface area contributed by atoms with Crippen LogP contribution < -0.4 is 10.6 Å². The molecule has 0 radical (unpaired) electrons. The summed E-state index contributed by atoms with van der Waals surface area (Å²) in [6, 6.07) is 6.37. The van der Waals surface area contributed by atoms with Crippen molar-refractivity contribution in [1.82, 2.24) is 0 Å². The molecular weight excluding hydrogens is 330 g/mol. The average Bonchev–Trinajstić information content (AvgIpc) is 2.53. The fourth-order valence-electron chi connectivity index (χ4n) is 3.20. The molecule has 1 aliphatic carbocycles. The van der Waals surface area contributed by atoms with Crippen LogP contribution in [0.2, 0.25) is 0 Å². The number of halogens is 1. The summed E-state index contributed by atoms with van der Waals surface area (Å²) in [5.41, 5.74) is 7.61. The summed E-state index contributed by atoms with van der Waals surface area (Å²) in [6.07, 6.45) is 6.27. The summed E-state index contributed by atoms with van der Waals surface area (Å²) in [6.45, 7) is 2.28. The molecule has 0 unspecified atom stereocenters. The minimum atomic E-state index is 0.159. The van der Waals surface area contributed by atoms with Crippen LogP contribution in [0.3, 0.4) is 0 Å². The van der Waals surface area contributed by atoms with E-state index in [1.807, 2.05) is 18.2 Å². The first kappa shape index (κ1) is 16.1. The maximum Gasteiger partial charge on any atom is 0.172 e. The van der Waals surface area contributed by atoms with E-state index in [9.17, 15) is 0 Å². The van der Waals surface area contributed by atoms with Gasteiger partial charge in [0, 0.05) is 28.8 Å². The Balaban J connectivity index is 2.22. The maximum absolute atomic E-state index is 8.97. The number of oxime groups is 1. The second-order valence-electron chi connectivity index (χ2n) is 5.84. The van der Waals surface area contributed by atoms with E-state index in [0.717, 1.165) is 21.6 Å². The fourth-order valence-corrected chi connectivity index (χ4v) is 3.55. The van der Waals surface area contributed by atoms with Gasteiger partial charge in [0.25, 0.3) is 0 Å². The van der Waals surface area contributed by atoms with E-state index in [1.165, 1.54) is 32.1 Å². The molecule has 1 aliphatic rings. The molecular formula is C16H24BrN3O. The quantitative estimate of drug-likeness (QED) is 0.373. The highest BCUT2D eigenvalue weighted by Crippen LogP contribution is 2.33. The van der Waals surface area contributed by atoms with Crippen molar-refractivity contribution in [2.75, 3.05) is 11.9 Å². The SMILES string of the molecule is CCC1CCC(N(C)c2cc(Br)ccc2/C(N)=N/O)CC1. The predicted octanol–water partition coefficient (Wildman–Crippen LogP) is 3.95. The van der Waals surface area contributed by atoms with Gasteiger partial charge in [0.15, 0.2) is 5.84 Å². The summed E-state index contributed by atoms with van der Waals surface area (Å²) < 4.78 is 1.00. The summed E-state index contributed by atoms with van der Waals surface area (Å²) in [7, 11) is 2.10. The molecule has 0 atom stereocenters. The highest BCUT2D eigenvalue weighted by molar-refractivity contribution is 9.10. The minimum absolute atomic E-state index is 0.159. The molecule has 0 aromatic heterocycles. The third-order valence-electron chi connectivity index (χ3n) is 4.66. The molecule has 4 nitrogen and oxygen atoms in total. The number of rotatable bonds is 4. The van der Waals surface area contributed by atoms with Gasteiger partial charge in [-0.2, -0.15) is 0 Å². The summed E-state index contributed by atoms with van der Waals surface area (Å²) >= 11 is 3.51. The number of benzene rings is 1. The molecule has 5 heteroatoms. The smallest absolute Gasteiger partial charge is 0.172 e. The summed E-state index contributed by atoms with van der Waals surface area (Å²) in [5.74, 6) is 1.03. The van der Waals surface area contributed by atoms with E-state index in [2.05, 4.69) is 40.0 Å². The van der Waals surface area contributed by atoms with E-state index in [0.29, 0.717) is 6.04 Å². The Kier molecular flexibility index (Phi) is 5.51. The topological polar surface area (TPSA) is 61.8 Å². The normalized spacial score (nSPS) is 23.1. The molecule has 0 heterocycles. The first-order valence-corrected chi connectivity index (χ1v) is 8.36. The molecule has 1 aromatic carbocycles. The average molecular weight is 354 g/mol. The second-order valence-corrected chi connectivity index (χ2v) is 6.76. The Labute approximate surface area is 135 Å². The van der Waals surface area contributed by atoms with Gasteiger partial charge in [0.2, 0.25) is 0 Å². The molecule has 0 spiro atoms. The predicted molar refractivity (Wildman–Crippen MR) is 91.1 cm³/mol. The molecule has 1 fully saturated rings. The first-order valence-electron chi connectivity index (χ1n) is 7.57. The Bertz CT molecular complexity index is 510. The molecule has 0 amide bonds. The number of anilines is 1. The highest BCUT2D eigenvalue weighted by Gasteiger charge is 2.25. The van der Waals surface area contributed by atoms with Crippen LogP contribution in [0, 0.1) is 5.92 Å².